The maximum absolute atomic E-state index is 12.9. The molecule has 4 aromatic rings. The Morgan fingerprint density at radius 1 is 0.766 bits per heavy atom. The summed E-state index contributed by atoms with van der Waals surface area (Å²) < 4.78 is 18.0. The molecule has 0 radical (unpaired) electrons. The van der Waals surface area contributed by atoms with Gasteiger partial charge in [0.2, 0.25) is 0 Å². The van der Waals surface area contributed by atoms with Gasteiger partial charge in [0, 0.05) is 33.2 Å². The standard InChI is InChI=1S/C20H20BrNO3.C17H16BrNO3/c1-3-9-25-13-19(14-5-4-6-17(10-14)24-2)22-12-15-7-8-16(21)11-18(15)20(22)23;1-22-14-4-2-3-11(7-14)16(10-20)19-9-12-5-6-13(18)8-15(12)17(19)21/h3-8,10-11,19H,1,9,12-13H2,2H3;2-8,16,20H,9-10H2,1H3/t19-;/m1./s1. The first-order valence-corrected chi connectivity index (χ1v) is 16.6. The highest BCUT2D eigenvalue weighted by molar-refractivity contribution is 9.10. The van der Waals surface area contributed by atoms with Gasteiger partial charge in [-0.3, -0.25) is 9.59 Å². The number of aliphatic hydroxyl groups is 1. The van der Waals surface area contributed by atoms with Crippen molar-refractivity contribution in [1.29, 1.82) is 0 Å². The Hall–Kier alpha value is -3.96. The van der Waals surface area contributed by atoms with Crippen LogP contribution in [0.4, 0.5) is 0 Å². The molecule has 2 amide bonds. The molecule has 4 aromatic carbocycles. The lowest BCUT2D eigenvalue weighted by molar-refractivity contribution is 0.0498. The van der Waals surface area contributed by atoms with E-state index in [9.17, 15) is 14.7 Å². The molecule has 0 aliphatic carbocycles. The number of hydrogen-bond donors (Lipinski definition) is 1. The highest BCUT2D eigenvalue weighted by atomic mass is 79.9. The van der Waals surface area contributed by atoms with Crippen LogP contribution < -0.4 is 9.47 Å². The van der Waals surface area contributed by atoms with Gasteiger partial charge in [0.15, 0.2) is 0 Å². The van der Waals surface area contributed by atoms with E-state index in [4.69, 9.17) is 14.2 Å². The number of benzene rings is 4. The van der Waals surface area contributed by atoms with Crippen molar-refractivity contribution < 1.29 is 28.9 Å². The molecule has 10 heteroatoms. The SMILES string of the molecule is C=CCOC[C@H](c1cccc(OC)c1)N1Cc2ccc(Br)cc2C1=O.COc1cccc(C(CO)N2Cc3ccc(Br)cc3C2=O)c1. The summed E-state index contributed by atoms with van der Waals surface area (Å²) in [7, 11) is 3.23. The third kappa shape index (κ3) is 7.79. The van der Waals surface area contributed by atoms with Gasteiger partial charge in [-0.2, -0.15) is 0 Å². The highest BCUT2D eigenvalue weighted by Crippen LogP contribution is 2.35. The summed E-state index contributed by atoms with van der Waals surface area (Å²) in [5, 5.41) is 9.81. The first-order chi connectivity index (χ1) is 22.8. The Morgan fingerprint density at radius 2 is 1.26 bits per heavy atom. The van der Waals surface area contributed by atoms with Crippen LogP contribution in [-0.2, 0) is 17.8 Å². The monoisotopic (exact) mass is 762 g/mol. The molecule has 2 aliphatic heterocycles. The molecule has 0 saturated heterocycles. The minimum atomic E-state index is -0.381. The van der Waals surface area contributed by atoms with E-state index in [1.165, 1.54) is 0 Å². The van der Waals surface area contributed by atoms with Gasteiger partial charge in [0.05, 0.1) is 46.1 Å². The van der Waals surface area contributed by atoms with Crippen LogP contribution in [0.1, 0.15) is 55.1 Å². The maximum Gasteiger partial charge on any atom is 0.255 e. The molecule has 0 aromatic heterocycles. The molecular weight excluding hydrogens is 728 g/mol. The van der Waals surface area contributed by atoms with Crippen molar-refractivity contribution in [2.45, 2.75) is 25.2 Å². The molecule has 0 fully saturated rings. The highest BCUT2D eigenvalue weighted by Gasteiger charge is 2.35. The fourth-order valence-corrected chi connectivity index (χ4v) is 6.53. The van der Waals surface area contributed by atoms with Crippen molar-refractivity contribution in [3.63, 3.8) is 0 Å². The minimum Gasteiger partial charge on any atom is -0.497 e. The molecule has 47 heavy (non-hydrogen) atoms. The number of methoxy groups -OCH3 is 2. The molecule has 2 heterocycles. The van der Waals surface area contributed by atoms with Crippen LogP contribution >= 0.6 is 31.9 Å². The van der Waals surface area contributed by atoms with Crippen molar-refractivity contribution in [2.75, 3.05) is 34.0 Å². The van der Waals surface area contributed by atoms with E-state index in [2.05, 4.69) is 38.4 Å². The molecule has 0 bridgehead atoms. The Morgan fingerprint density at radius 3 is 1.72 bits per heavy atom. The Bertz CT molecular complexity index is 1760. The van der Waals surface area contributed by atoms with Crippen LogP contribution in [0.3, 0.4) is 0 Å². The molecule has 0 saturated carbocycles. The minimum absolute atomic E-state index is 0.0197. The van der Waals surface area contributed by atoms with Gasteiger partial charge in [0.1, 0.15) is 11.5 Å². The molecule has 6 rings (SSSR count). The predicted molar refractivity (Wildman–Crippen MR) is 188 cm³/mol. The summed E-state index contributed by atoms with van der Waals surface area (Å²) in [6.07, 6.45) is 1.71. The van der Waals surface area contributed by atoms with Crippen LogP contribution in [0.2, 0.25) is 0 Å². The second-order valence-electron chi connectivity index (χ2n) is 11.1. The molecule has 244 valence electrons. The first-order valence-electron chi connectivity index (χ1n) is 15.0. The van der Waals surface area contributed by atoms with Crippen molar-refractivity contribution in [2.24, 2.45) is 0 Å². The second-order valence-corrected chi connectivity index (χ2v) is 12.9. The Labute approximate surface area is 291 Å². The van der Waals surface area contributed by atoms with E-state index < -0.39 is 0 Å². The number of nitrogens with zero attached hydrogens (tertiary/aromatic N) is 2. The van der Waals surface area contributed by atoms with Crippen molar-refractivity contribution in [3.8, 4) is 11.5 Å². The van der Waals surface area contributed by atoms with Crippen molar-refractivity contribution in [1.82, 2.24) is 9.80 Å². The number of halogens is 2. The maximum atomic E-state index is 12.9. The number of carbonyl (C=O) groups excluding carboxylic acids is 2. The lowest BCUT2D eigenvalue weighted by Gasteiger charge is -2.28. The smallest absolute Gasteiger partial charge is 0.255 e. The molecule has 1 N–H and O–H groups in total. The van der Waals surface area contributed by atoms with E-state index >= 15 is 0 Å². The third-order valence-corrected chi connectivity index (χ3v) is 9.19. The second kappa shape index (κ2) is 15.8. The van der Waals surface area contributed by atoms with E-state index in [1.54, 1.807) is 25.2 Å². The predicted octanol–water partition coefficient (Wildman–Crippen LogP) is 7.50. The molecular formula is C37H36Br2N2O6. The first kappa shape index (κ1) is 34.4. The van der Waals surface area contributed by atoms with E-state index in [1.807, 2.05) is 89.8 Å². The van der Waals surface area contributed by atoms with Gasteiger partial charge in [-0.15, -0.1) is 6.58 Å². The average Bonchev–Trinajstić information content (AvgIpc) is 3.59. The van der Waals surface area contributed by atoms with Gasteiger partial charge < -0.3 is 29.1 Å². The zero-order chi connectivity index (χ0) is 33.5. The summed E-state index contributed by atoms with van der Waals surface area (Å²) in [5.74, 6) is 1.44. The summed E-state index contributed by atoms with van der Waals surface area (Å²) in [6.45, 7) is 5.47. The van der Waals surface area contributed by atoms with Crippen molar-refractivity contribution >= 4 is 43.7 Å². The van der Waals surface area contributed by atoms with Crippen LogP contribution in [0.15, 0.2) is 107 Å². The number of carbonyl (C=O) groups is 2. The van der Waals surface area contributed by atoms with E-state index in [0.717, 1.165) is 42.5 Å². The number of hydrogen-bond acceptors (Lipinski definition) is 6. The van der Waals surface area contributed by atoms with Crippen molar-refractivity contribution in [3.05, 3.63) is 140 Å². The fraction of sp³-hybridized carbons (Fsp3) is 0.243. The summed E-state index contributed by atoms with van der Waals surface area (Å²) in [6, 6.07) is 26.2. The summed E-state index contributed by atoms with van der Waals surface area (Å²) >= 11 is 6.83. The van der Waals surface area contributed by atoms with Crippen LogP contribution in [0.25, 0.3) is 0 Å². The number of amides is 2. The van der Waals surface area contributed by atoms with E-state index in [0.29, 0.717) is 37.6 Å². The van der Waals surface area contributed by atoms with Gasteiger partial charge in [-0.25, -0.2) is 0 Å². The van der Waals surface area contributed by atoms with Gasteiger partial charge in [-0.05, 0) is 70.8 Å². The number of ether oxygens (including phenoxy) is 3. The Balaban J connectivity index is 0.000000186. The molecule has 8 nitrogen and oxygen atoms in total. The normalized spacial score (nSPS) is 14.6. The molecule has 2 aliphatic rings. The molecule has 1 unspecified atom stereocenters. The Kier molecular flexibility index (Phi) is 11.5. The van der Waals surface area contributed by atoms with Gasteiger partial charge in [-0.1, -0.05) is 74.3 Å². The number of aliphatic hydroxyl groups excluding tert-OH is 1. The van der Waals surface area contributed by atoms with Crippen LogP contribution in [0.5, 0.6) is 11.5 Å². The summed E-state index contributed by atoms with van der Waals surface area (Å²) in [4.78, 5) is 29.1. The topological polar surface area (TPSA) is 88.5 Å². The fourth-order valence-electron chi connectivity index (χ4n) is 5.81. The number of rotatable bonds is 11. The summed E-state index contributed by atoms with van der Waals surface area (Å²) in [5.41, 5.74) is 5.30. The van der Waals surface area contributed by atoms with Gasteiger partial charge in [0.25, 0.3) is 11.8 Å². The van der Waals surface area contributed by atoms with E-state index in [-0.39, 0.29) is 30.5 Å². The largest absolute Gasteiger partial charge is 0.497 e. The zero-order valence-electron chi connectivity index (χ0n) is 26.2. The van der Waals surface area contributed by atoms with Crippen LogP contribution in [0, 0.1) is 0 Å². The van der Waals surface area contributed by atoms with Crippen LogP contribution in [-0.4, -0.2) is 60.8 Å². The quantitative estimate of drug-likeness (QED) is 0.126. The number of fused-ring (bicyclic) bond motifs is 2. The zero-order valence-corrected chi connectivity index (χ0v) is 29.4. The third-order valence-electron chi connectivity index (χ3n) is 8.20. The average molecular weight is 765 g/mol. The van der Waals surface area contributed by atoms with Gasteiger partial charge >= 0.3 is 0 Å². The molecule has 2 atom stereocenters. The molecule has 0 spiro atoms. The lowest BCUT2D eigenvalue weighted by Crippen LogP contribution is -2.32. The lowest BCUT2D eigenvalue weighted by atomic mass is 10.1.